The molecule has 0 aliphatic rings. The molecule has 0 atom stereocenters. The van der Waals surface area contributed by atoms with E-state index in [1.54, 1.807) is 0 Å². The third kappa shape index (κ3) is 2.30. The van der Waals surface area contributed by atoms with Crippen LogP contribution >= 0.6 is 12.1 Å². The molecule has 98 valence electrons. The summed E-state index contributed by atoms with van der Waals surface area (Å²) >= 11 is 5.19. The van der Waals surface area contributed by atoms with Gasteiger partial charge in [0.05, 0.1) is 0 Å². The summed E-state index contributed by atoms with van der Waals surface area (Å²) in [7, 11) is -2.27. The Bertz CT molecular complexity index is 574. The van der Waals surface area contributed by atoms with Crippen LogP contribution in [0.4, 0.5) is 0 Å². The highest BCUT2D eigenvalue weighted by atomic mass is 32.3. The highest BCUT2D eigenvalue weighted by molar-refractivity contribution is 8.16. The first-order chi connectivity index (χ1) is 9.82. The number of benzene rings is 2. The molecule has 0 bridgehead atoms. The molecule has 3 heteroatoms. The molecule has 0 aliphatic heterocycles. The van der Waals surface area contributed by atoms with Crippen LogP contribution in [-0.2, 0) is 0 Å². The fourth-order valence-electron chi connectivity index (χ4n) is 2.42. The smallest absolute Gasteiger partial charge is 0.264 e. The van der Waals surface area contributed by atoms with Gasteiger partial charge in [0.1, 0.15) is 12.4 Å². The normalized spacial score (nSPS) is 11.2. The first kappa shape index (κ1) is 13.2. The van der Waals surface area contributed by atoms with Gasteiger partial charge in [-0.3, -0.25) is 4.23 Å². The van der Waals surface area contributed by atoms with E-state index < -0.39 is 7.38 Å². The zero-order chi connectivity index (χ0) is 13.8. The van der Waals surface area contributed by atoms with Crippen LogP contribution in [0.3, 0.4) is 0 Å². The summed E-state index contributed by atoms with van der Waals surface area (Å²) in [5.74, 6) is 0. The minimum atomic E-state index is -2.27. The molecule has 0 fully saturated rings. The molecule has 0 aliphatic carbocycles. The summed E-state index contributed by atoms with van der Waals surface area (Å²) in [6.07, 6.45) is 4.22. The largest absolute Gasteiger partial charge is 0.490 e. The standard InChI is InChI=1S/C17H16NSSi/c19-20(16-10-4-1-5-11-16,17-12-6-2-7-13-17)18-14-8-3-9-15-18/h1-15,19H/q+1. The Morgan fingerprint density at radius 3 is 1.45 bits per heavy atom. The quantitative estimate of drug-likeness (QED) is 0.556. The van der Waals surface area contributed by atoms with Gasteiger partial charge in [-0.25, -0.2) is 0 Å². The minimum Gasteiger partial charge on any atom is -0.264 e. The molecular weight excluding hydrogens is 278 g/mol. The van der Waals surface area contributed by atoms with Crippen LogP contribution < -0.4 is 14.6 Å². The molecule has 3 aromatic rings. The molecule has 0 N–H and O–H groups in total. The fraction of sp³-hybridized carbons (Fsp3) is 0. The van der Waals surface area contributed by atoms with Gasteiger partial charge >= 0.3 is 7.38 Å². The number of pyridine rings is 1. The molecule has 2 aromatic carbocycles. The first-order valence-electron chi connectivity index (χ1n) is 6.62. The maximum absolute atomic E-state index is 5.19. The van der Waals surface area contributed by atoms with E-state index in [1.165, 1.54) is 10.4 Å². The van der Waals surface area contributed by atoms with Crippen LogP contribution in [0.2, 0.25) is 0 Å². The second-order valence-corrected chi connectivity index (χ2v) is 9.64. The molecular formula is C17H16NSSi+. The van der Waals surface area contributed by atoms with Gasteiger partial charge in [-0.2, -0.15) is 0 Å². The lowest BCUT2D eigenvalue weighted by Crippen LogP contribution is -2.75. The predicted octanol–water partition coefficient (Wildman–Crippen LogP) is 2.01. The van der Waals surface area contributed by atoms with E-state index in [4.69, 9.17) is 12.1 Å². The number of hydrogen-bond donors (Lipinski definition) is 1. The topological polar surface area (TPSA) is 3.88 Å². The van der Waals surface area contributed by atoms with Crippen LogP contribution in [0.25, 0.3) is 0 Å². The Hall–Kier alpha value is -1.84. The lowest BCUT2D eigenvalue weighted by molar-refractivity contribution is -0.536. The summed E-state index contributed by atoms with van der Waals surface area (Å²) in [4.78, 5) is 0. The van der Waals surface area contributed by atoms with Gasteiger partial charge in [-0.05, 0) is 12.1 Å². The second-order valence-electron chi connectivity index (χ2n) is 4.69. The van der Waals surface area contributed by atoms with E-state index in [0.717, 1.165) is 0 Å². The molecule has 0 spiro atoms. The van der Waals surface area contributed by atoms with E-state index in [0.29, 0.717) is 0 Å². The third-order valence-corrected chi connectivity index (χ3v) is 9.01. The van der Waals surface area contributed by atoms with Crippen LogP contribution in [-0.4, -0.2) is 7.38 Å². The maximum atomic E-state index is 5.19. The van der Waals surface area contributed by atoms with Crippen molar-refractivity contribution in [3.63, 3.8) is 0 Å². The van der Waals surface area contributed by atoms with Crippen molar-refractivity contribution in [2.45, 2.75) is 0 Å². The van der Waals surface area contributed by atoms with Crippen LogP contribution in [0.15, 0.2) is 91.3 Å². The number of aromatic nitrogens is 1. The van der Waals surface area contributed by atoms with Gasteiger partial charge in [0.25, 0.3) is 0 Å². The molecule has 3 rings (SSSR count). The SMILES string of the molecule is S[Si](c1ccccc1)(c1ccccc1)[n+]1ccccc1. The number of thiol groups is 1. The molecule has 0 amide bonds. The molecule has 0 unspecified atom stereocenters. The van der Waals surface area contributed by atoms with Gasteiger partial charge in [0.15, 0.2) is 0 Å². The fourth-order valence-corrected chi connectivity index (χ4v) is 6.56. The van der Waals surface area contributed by atoms with Crippen molar-refractivity contribution in [3.05, 3.63) is 91.3 Å². The Morgan fingerprint density at radius 2 is 1.00 bits per heavy atom. The lowest BCUT2D eigenvalue weighted by Gasteiger charge is -2.19. The molecule has 1 aromatic heterocycles. The minimum absolute atomic E-state index is 1.28. The third-order valence-electron chi connectivity index (χ3n) is 3.44. The average molecular weight is 294 g/mol. The maximum Gasteiger partial charge on any atom is 0.490 e. The van der Waals surface area contributed by atoms with Crippen LogP contribution in [0.5, 0.6) is 0 Å². The molecule has 20 heavy (non-hydrogen) atoms. The van der Waals surface area contributed by atoms with Gasteiger partial charge in [0, 0.05) is 10.4 Å². The monoisotopic (exact) mass is 294 g/mol. The number of rotatable bonds is 3. The highest BCUT2D eigenvalue weighted by Gasteiger charge is 2.47. The van der Waals surface area contributed by atoms with Crippen molar-refractivity contribution < 1.29 is 4.23 Å². The van der Waals surface area contributed by atoms with Gasteiger partial charge in [-0.15, -0.1) is 12.1 Å². The Kier molecular flexibility index (Phi) is 3.72. The molecule has 1 nitrogen and oxygen atoms in total. The van der Waals surface area contributed by atoms with Crippen molar-refractivity contribution >= 4 is 29.8 Å². The van der Waals surface area contributed by atoms with Crippen molar-refractivity contribution in [2.75, 3.05) is 0 Å². The molecule has 0 saturated heterocycles. The second kappa shape index (κ2) is 5.65. The Balaban J connectivity index is 2.24. The van der Waals surface area contributed by atoms with E-state index in [1.807, 2.05) is 18.2 Å². The first-order valence-corrected chi connectivity index (χ1v) is 9.85. The molecule has 1 heterocycles. The van der Waals surface area contributed by atoms with Crippen molar-refractivity contribution in [1.82, 2.24) is 0 Å². The average Bonchev–Trinajstić information content (AvgIpc) is 2.56. The van der Waals surface area contributed by atoms with Crippen molar-refractivity contribution in [3.8, 4) is 0 Å². The van der Waals surface area contributed by atoms with Crippen LogP contribution in [0.1, 0.15) is 0 Å². The van der Waals surface area contributed by atoms with Crippen molar-refractivity contribution in [2.24, 2.45) is 0 Å². The summed E-state index contributed by atoms with van der Waals surface area (Å²) < 4.78 is 2.26. The Labute approximate surface area is 125 Å². The molecule has 0 radical (unpaired) electrons. The zero-order valence-corrected chi connectivity index (χ0v) is 12.9. The highest BCUT2D eigenvalue weighted by Crippen LogP contribution is 2.06. The van der Waals surface area contributed by atoms with Crippen LogP contribution in [0, 0.1) is 0 Å². The number of nitrogens with zero attached hydrogens (tertiary/aromatic N) is 1. The van der Waals surface area contributed by atoms with Gasteiger partial charge < -0.3 is 0 Å². The zero-order valence-electron chi connectivity index (χ0n) is 11.1. The van der Waals surface area contributed by atoms with Gasteiger partial charge in [0.2, 0.25) is 0 Å². The summed E-state index contributed by atoms with van der Waals surface area (Å²) in [6, 6.07) is 27.3. The summed E-state index contributed by atoms with van der Waals surface area (Å²) in [6.45, 7) is 0. The number of hydrogen-bond acceptors (Lipinski definition) is 1. The Morgan fingerprint density at radius 1 is 0.600 bits per heavy atom. The van der Waals surface area contributed by atoms with Gasteiger partial charge in [-0.1, -0.05) is 66.7 Å². The van der Waals surface area contributed by atoms with E-state index in [2.05, 4.69) is 77.3 Å². The summed E-state index contributed by atoms with van der Waals surface area (Å²) in [5, 5.41) is 2.57. The van der Waals surface area contributed by atoms with E-state index >= 15 is 0 Å². The molecule has 0 saturated carbocycles. The van der Waals surface area contributed by atoms with E-state index in [-0.39, 0.29) is 0 Å². The summed E-state index contributed by atoms with van der Waals surface area (Å²) in [5.41, 5.74) is 0. The van der Waals surface area contributed by atoms with E-state index in [9.17, 15) is 0 Å². The lowest BCUT2D eigenvalue weighted by atomic mass is 10.4. The van der Waals surface area contributed by atoms with Crippen molar-refractivity contribution in [1.29, 1.82) is 0 Å². The predicted molar refractivity (Wildman–Crippen MR) is 88.9 cm³/mol.